The van der Waals surface area contributed by atoms with Crippen LogP contribution in [-0.2, 0) is 19.4 Å². The van der Waals surface area contributed by atoms with Gasteiger partial charge in [-0.05, 0) is 53.8 Å². The number of pyridine rings is 1. The zero-order chi connectivity index (χ0) is 23.8. The van der Waals surface area contributed by atoms with Crippen LogP contribution in [0.15, 0.2) is 60.8 Å². The molecule has 8 heteroatoms. The van der Waals surface area contributed by atoms with Gasteiger partial charge in [0.1, 0.15) is 16.8 Å². The molecule has 1 amide bonds. The maximum Gasteiger partial charge on any atom is 0.253 e. The maximum absolute atomic E-state index is 13.7. The van der Waals surface area contributed by atoms with Crippen LogP contribution < -0.4 is 10.6 Å². The number of aromatic nitrogens is 1. The fourth-order valence-corrected chi connectivity index (χ4v) is 3.61. The Morgan fingerprint density at radius 1 is 1.06 bits per heavy atom. The van der Waals surface area contributed by atoms with Crippen LogP contribution in [-0.4, -0.2) is 34.7 Å². The number of aliphatic hydroxyl groups is 1. The Bertz CT molecular complexity index is 1060. The van der Waals surface area contributed by atoms with Crippen molar-refractivity contribution in [1.29, 1.82) is 0 Å². The number of aliphatic hydroxyl groups excluding tert-OH is 1. The van der Waals surface area contributed by atoms with Gasteiger partial charge in [-0.3, -0.25) is 4.79 Å². The van der Waals surface area contributed by atoms with Crippen molar-refractivity contribution in [1.82, 2.24) is 15.6 Å². The molecule has 0 saturated carbocycles. The van der Waals surface area contributed by atoms with Crippen LogP contribution in [0.2, 0.25) is 5.15 Å². The molecule has 0 radical (unpaired) electrons. The minimum Gasteiger partial charge on any atom is -0.390 e. The molecule has 0 unspecified atom stereocenters. The van der Waals surface area contributed by atoms with Gasteiger partial charge in [0.15, 0.2) is 0 Å². The van der Waals surface area contributed by atoms with Gasteiger partial charge >= 0.3 is 0 Å². The summed E-state index contributed by atoms with van der Waals surface area (Å²) in [4.78, 5) is 16.6. The molecule has 0 fully saturated rings. The van der Waals surface area contributed by atoms with Gasteiger partial charge in [0.25, 0.3) is 5.91 Å². The van der Waals surface area contributed by atoms with Gasteiger partial charge in [0, 0.05) is 25.4 Å². The number of nitrogens with zero attached hydrogens (tertiary/aromatic N) is 1. The van der Waals surface area contributed by atoms with E-state index in [1.807, 2.05) is 18.2 Å². The summed E-state index contributed by atoms with van der Waals surface area (Å²) in [6.07, 6.45) is 1.26. The number of halogens is 3. The monoisotopic (exact) mass is 473 g/mol. The lowest BCUT2D eigenvalue weighted by molar-refractivity contribution is 0.0829. The summed E-state index contributed by atoms with van der Waals surface area (Å²) >= 11 is 5.77. The topological polar surface area (TPSA) is 74.2 Å². The summed E-state index contributed by atoms with van der Waals surface area (Å²) in [5.41, 5.74) is 2.86. The Balaban J connectivity index is 1.70. The average Bonchev–Trinajstić information content (AvgIpc) is 2.78. The number of nitrogens with one attached hydrogen (secondary N) is 2. The number of aryl methyl sites for hydroxylation is 1. The number of carbonyl (C=O) groups excluding carboxylic acids is 1. The fraction of sp³-hybridized carbons (Fsp3) is 0.280. The van der Waals surface area contributed by atoms with E-state index in [0.29, 0.717) is 12.1 Å². The molecule has 174 valence electrons. The zero-order valence-electron chi connectivity index (χ0n) is 18.2. The number of benzene rings is 2. The normalized spacial score (nSPS) is 12.9. The van der Waals surface area contributed by atoms with Crippen molar-refractivity contribution in [3.63, 3.8) is 0 Å². The number of amides is 1. The van der Waals surface area contributed by atoms with Gasteiger partial charge in [0.05, 0.1) is 17.7 Å². The third-order valence-electron chi connectivity index (χ3n) is 5.23. The Kier molecular flexibility index (Phi) is 8.88. The van der Waals surface area contributed by atoms with Crippen LogP contribution in [0.4, 0.5) is 8.78 Å². The van der Waals surface area contributed by atoms with Gasteiger partial charge in [0.2, 0.25) is 0 Å². The standard InChI is InChI=1S/C25H26ClF2N3O2/c1-2-16-4-3-5-17(8-16)13-29-15-23(32)22(11-18-9-20(27)12-21(28)10-18)31-25(33)19-6-7-24(26)30-14-19/h3-10,12,14,22-23,29,32H,2,11,13,15H2,1H3,(H,31,33)/t22-,23+/m0/s1. The van der Waals surface area contributed by atoms with Gasteiger partial charge in [-0.2, -0.15) is 0 Å². The predicted octanol–water partition coefficient (Wildman–Crippen LogP) is 4.07. The number of hydrogen-bond acceptors (Lipinski definition) is 4. The second kappa shape index (κ2) is 11.8. The molecule has 5 nitrogen and oxygen atoms in total. The Morgan fingerprint density at radius 2 is 1.79 bits per heavy atom. The summed E-state index contributed by atoms with van der Waals surface area (Å²) in [6.45, 7) is 2.77. The molecule has 2 aromatic carbocycles. The van der Waals surface area contributed by atoms with Gasteiger partial charge in [-0.1, -0.05) is 42.8 Å². The lowest BCUT2D eigenvalue weighted by Gasteiger charge is -2.25. The molecule has 0 bridgehead atoms. The summed E-state index contributed by atoms with van der Waals surface area (Å²) in [5, 5.41) is 17.0. The van der Waals surface area contributed by atoms with E-state index in [2.05, 4.69) is 28.6 Å². The number of carbonyl (C=O) groups is 1. The van der Waals surface area contributed by atoms with Gasteiger partial charge < -0.3 is 15.7 Å². The molecule has 1 aromatic heterocycles. The van der Waals surface area contributed by atoms with Crippen molar-refractivity contribution in [2.24, 2.45) is 0 Å². The molecule has 2 atom stereocenters. The largest absolute Gasteiger partial charge is 0.390 e. The van der Waals surface area contributed by atoms with Crippen molar-refractivity contribution >= 4 is 17.5 Å². The molecule has 0 spiro atoms. The average molecular weight is 474 g/mol. The van der Waals surface area contributed by atoms with Gasteiger partial charge in [-0.15, -0.1) is 0 Å². The molecular weight excluding hydrogens is 448 g/mol. The highest BCUT2D eigenvalue weighted by Crippen LogP contribution is 2.13. The summed E-state index contributed by atoms with van der Waals surface area (Å²) < 4.78 is 27.3. The van der Waals surface area contributed by atoms with E-state index >= 15 is 0 Å². The lowest BCUT2D eigenvalue weighted by Crippen LogP contribution is -2.48. The Labute approximate surface area is 196 Å². The second-order valence-corrected chi connectivity index (χ2v) is 8.19. The van der Waals surface area contributed by atoms with E-state index in [-0.39, 0.29) is 23.7 Å². The van der Waals surface area contributed by atoms with E-state index in [1.165, 1.54) is 36.0 Å². The quantitative estimate of drug-likeness (QED) is 0.388. The van der Waals surface area contributed by atoms with Crippen molar-refractivity contribution in [2.75, 3.05) is 6.54 Å². The molecule has 3 rings (SSSR count). The molecule has 3 aromatic rings. The van der Waals surface area contributed by atoms with Gasteiger partial charge in [-0.25, -0.2) is 13.8 Å². The first kappa shape index (κ1) is 24.8. The smallest absolute Gasteiger partial charge is 0.253 e. The first-order valence-electron chi connectivity index (χ1n) is 10.7. The minimum atomic E-state index is -1.02. The molecular formula is C25H26ClF2N3O2. The Hall–Kier alpha value is -2.87. The number of hydrogen-bond donors (Lipinski definition) is 3. The fourth-order valence-electron chi connectivity index (χ4n) is 3.49. The van der Waals surface area contributed by atoms with Crippen molar-refractivity contribution in [3.8, 4) is 0 Å². The SMILES string of the molecule is CCc1cccc(CNC[C@@H](O)[C@H](Cc2cc(F)cc(F)c2)NC(=O)c2ccc(Cl)nc2)c1. The Morgan fingerprint density at radius 3 is 2.45 bits per heavy atom. The summed E-state index contributed by atoms with van der Waals surface area (Å²) in [6, 6.07) is 13.4. The molecule has 0 aliphatic rings. The van der Waals surface area contributed by atoms with E-state index in [0.717, 1.165) is 18.1 Å². The predicted molar refractivity (Wildman–Crippen MR) is 124 cm³/mol. The maximum atomic E-state index is 13.7. The highest BCUT2D eigenvalue weighted by molar-refractivity contribution is 6.29. The highest BCUT2D eigenvalue weighted by Gasteiger charge is 2.23. The third kappa shape index (κ3) is 7.60. The molecule has 1 heterocycles. The van der Waals surface area contributed by atoms with Crippen LogP contribution in [0, 0.1) is 11.6 Å². The molecule has 3 N–H and O–H groups in total. The van der Waals surface area contributed by atoms with Crippen LogP contribution >= 0.6 is 11.6 Å². The highest BCUT2D eigenvalue weighted by atomic mass is 35.5. The number of rotatable bonds is 10. The van der Waals surface area contributed by atoms with Crippen LogP contribution in [0.5, 0.6) is 0 Å². The lowest BCUT2D eigenvalue weighted by atomic mass is 10.00. The molecule has 0 saturated heterocycles. The van der Waals surface area contributed by atoms with Crippen LogP contribution in [0.1, 0.15) is 34.0 Å². The van der Waals surface area contributed by atoms with E-state index in [4.69, 9.17) is 11.6 Å². The molecule has 0 aliphatic heterocycles. The summed E-state index contributed by atoms with van der Waals surface area (Å²) in [5.74, 6) is -1.92. The van der Waals surface area contributed by atoms with Crippen LogP contribution in [0.3, 0.4) is 0 Å². The summed E-state index contributed by atoms with van der Waals surface area (Å²) in [7, 11) is 0. The first-order chi connectivity index (χ1) is 15.8. The molecule has 33 heavy (non-hydrogen) atoms. The van der Waals surface area contributed by atoms with Crippen molar-refractivity contribution in [2.45, 2.75) is 38.5 Å². The van der Waals surface area contributed by atoms with Crippen LogP contribution in [0.25, 0.3) is 0 Å². The minimum absolute atomic E-state index is 0.0373. The van der Waals surface area contributed by atoms with E-state index in [1.54, 1.807) is 0 Å². The molecule has 0 aliphatic carbocycles. The third-order valence-corrected chi connectivity index (χ3v) is 5.45. The van der Waals surface area contributed by atoms with E-state index in [9.17, 15) is 18.7 Å². The van der Waals surface area contributed by atoms with Crippen molar-refractivity contribution < 1.29 is 18.7 Å². The van der Waals surface area contributed by atoms with Crippen molar-refractivity contribution in [3.05, 3.63) is 99.8 Å². The first-order valence-corrected chi connectivity index (χ1v) is 11.1. The zero-order valence-corrected chi connectivity index (χ0v) is 18.9. The van der Waals surface area contributed by atoms with E-state index < -0.39 is 29.7 Å². The second-order valence-electron chi connectivity index (χ2n) is 7.80.